The van der Waals surface area contributed by atoms with E-state index in [9.17, 15) is 14.0 Å². The maximum absolute atomic E-state index is 13.3. The number of carboxylic acid groups (broad SMARTS) is 1. The number of benzene rings is 2. The SMILES string of the molecule is CC(C)(C)c1ccc(C(=O)Nn2c(CCC(=O)O)ccc2-c2ccc(F)cc2)cc1. The van der Waals surface area contributed by atoms with Crippen molar-refractivity contribution >= 4 is 11.9 Å². The molecule has 3 aromatic rings. The third-order valence-electron chi connectivity index (χ3n) is 4.92. The van der Waals surface area contributed by atoms with Gasteiger partial charge >= 0.3 is 5.97 Å². The van der Waals surface area contributed by atoms with Crippen LogP contribution in [-0.2, 0) is 16.6 Å². The summed E-state index contributed by atoms with van der Waals surface area (Å²) in [6.07, 6.45) is 0.183. The molecule has 0 spiro atoms. The van der Waals surface area contributed by atoms with Crippen LogP contribution in [0.4, 0.5) is 4.39 Å². The van der Waals surface area contributed by atoms with Crippen molar-refractivity contribution in [1.29, 1.82) is 0 Å². The minimum absolute atomic E-state index is 0.0187. The molecule has 0 aliphatic carbocycles. The van der Waals surface area contributed by atoms with Crippen LogP contribution in [0.25, 0.3) is 11.3 Å². The zero-order valence-corrected chi connectivity index (χ0v) is 17.3. The highest BCUT2D eigenvalue weighted by atomic mass is 19.1. The highest BCUT2D eigenvalue weighted by Crippen LogP contribution is 2.24. The number of halogens is 1. The fraction of sp³-hybridized carbons (Fsp3) is 0.250. The molecular formula is C24H25FN2O3. The van der Waals surface area contributed by atoms with E-state index in [1.165, 1.54) is 12.1 Å². The fourth-order valence-corrected chi connectivity index (χ4v) is 3.17. The number of hydrogen-bond acceptors (Lipinski definition) is 2. The van der Waals surface area contributed by atoms with Crippen molar-refractivity contribution in [3.63, 3.8) is 0 Å². The lowest BCUT2D eigenvalue weighted by atomic mass is 9.87. The van der Waals surface area contributed by atoms with E-state index in [1.54, 1.807) is 41.1 Å². The number of aliphatic carboxylic acids is 1. The van der Waals surface area contributed by atoms with Crippen LogP contribution in [0.5, 0.6) is 0 Å². The maximum Gasteiger partial charge on any atom is 0.303 e. The summed E-state index contributed by atoms with van der Waals surface area (Å²) in [4.78, 5) is 23.9. The smallest absolute Gasteiger partial charge is 0.303 e. The van der Waals surface area contributed by atoms with Crippen LogP contribution in [0.2, 0.25) is 0 Å². The second kappa shape index (κ2) is 8.53. The minimum Gasteiger partial charge on any atom is -0.481 e. The average Bonchev–Trinajstić information content (AvgIpc) is 3.09. The third-order valence-corrected chi connectivity index (χ3v) is 4.92. The van der Waals surface area contributed by atoms with Crippen molar-refractivity contribution < 1.29 is 19.1 Å². The van der Waals surface area contributed by atoms with Gasteiger partial charge in [-0.3, -0.25) is 19.7 Å². The van der Waals surface area contributed by atoms with E-state index >= 15 is 0 Å². The summed E-state index contributed by atoms with van der Waals surface area (Å²) in [6, 6.07) is 16.9. The number of hydrogen-bond donors (Lipinski definition) is 2. The molecule has 30 heavy (non-hydrogen) atoms. The number of aromatic nitrogens is 1. The molecule has 0 atom stereocenters. The first kappa shape index (κ1) is 21.3. The van der Waals surface area contributed by atoms with Gasteiger partial charge in [0.25, 0.3) is 5.91 Å². The molecule has 3 rings (SSSR count). The number of rotatable bonds is 6. The van der Waals surface area contributed by atoms with Crippen LogP contribution in [0.1, 0.15) is 48.8 Å². The number of carbonyl (C=O) groups is 2. The van der Waals surface area contributed by atoms with Gasteiger partial charge in [-0.15, -0.1) is 0 Å². The molecule has 1 heterocycles. The van der Waals surface area contributed by atoms with Gasteiger partial charge in [-0.1, -0.05) is 32.9 Å². The number of carbonyl (C=O) groups excluding carboxylic acids is 1. The molecule has 0 saturated heterocycles. The Kier molecular flexibility index (Phi) is 6.06. The number of carboxylic acids is 1. The van der Waals surface area contributed by atoms with E-state index in [0.29, 0.717) is 22.5 Å². The predicted molar refractivity (Wildman–Crippen MR) is 115 cm³/mol. The van der Waals surface area contributed by atoms with Crippen LogP contribution in [-0.4, -0.2) is 21.7 Å². The quantitative estimate of drug-likeness (QED) is 0.603. The maximum atomic E-state index is 13.3. The zero-order chi connectivity index (χ0) is 21.9. The Morgan fingerprint density at radius 1 is 0.967 bits per heavy atom. The van der Waals surface area contributed by atoms with Crippen molar-refractivity contribution in [3.05, 3.63) is 83.3 Å². The molecule has 0 aliphatic heterocycles. The topological polar surface area (TPSA) is 71.3 Å². The second-order valence-electron chi connectivity index (χ2n) is 8.21. The van der Waals surface area contributed by atoms with Crippen LogP contribution in [0.3, 0.4) is 0 Å². The highest BCUT2D eigenvalue weighted by molar-refractivity contribution is 6.00. The molecule has 0 radical (unpaired) electrons. The first-order chi connectivity index (χ1) is 14.1. The molecule has 2 aromatic carbocycles. The monoisotopic (exact) mass is 408 g/mol. The van der Waals surface area contributed by atoms with E-state index in [2.05, 4.69) is 26.2 Å². The van der Waals surface area contributed by atoms with E-state index in [0.717, 1.165) is 5.56 Å². The molecule has 5 nitrogen and oxygen atoms in total. The zero-order valence-electron chi connectivity index (χ0n) is 17.3. The van der Waals surface area contributed by atoms with Crippen molar-refractivity contribution in [3.8, 4) is 11.3 Å². The summed E-state index contributed by atoms with van der Waals surface area (Å²) in [5.74, 6) is -1.59. The number of nitrogens with zero attached hydrogens (tertiary/aromatic N) is 1. The Hall–Kier alpha value is -3.41. The van der Waals surface area contributed by atoms with E-state index in [1.807, 2.05) is 12.1 Å². The largest absolute Gasteiger partial charge is 0.481 e. The van der Waals surface area contributed by atoms with Crippen LogP contribution in [0, 0.1) is 5.82 Å². The van der Waals surface area contributed by atoms with E-state index in [-0.39, 0.29) is 30.0 Å². The highest BCUT2D eigenvalue weighted by Gasteiger charge is 2.17. The Morgan fingerprint density at radius 2 is 1.60 bits per heavy atom. The molecule has 6 heteroatoms. The summed E-state index contributed by atoms with van der Waals surface area (Å²) in [5.41, 5.74) is 6.46. The van der Waals surface area contributed by atoms with Gasteiger partial charge in [0.15, 0.2) is 0 Å². The minimum atomic E-state index is -0.921. The molecule has 0 aliphatic rings. The summed E-state index contributed by atoms with van der Waals surface area (Å²) in [6.45, 7) is 6.31. The lowest BCUT2D eigenvalue weighted by Gasteiger charge is -2.19. The predicted octanol–water partition coefficient (Wildman–Crippen LogP) is 4.99. The molecule has 0 fully saturated rings. The third kappa shape index (κ3) is 4.95. The van der Waals surface area contributed by atoms with Crippen LogP contribution in [0.15, 0.2) is 60.7 Å². The summed E-state index contributed by atoms with van der Waals surface area (Å²) in [5, 5.41) is 9.03. The fourth-order valence-electron chi connectivity index (χ4n) is 3.17. The lowest BCUT2D eigenvalue weighted by molar-refractivity contribution is -0.136. The first-order valence-corrected chi connectivity index (χ1v) is 9.75. The molecular weight excluding hydrogens is 383 g/mol. The number of amides is 1. The molecule has 1 amide bonds. The van der Waals surface area contributed by atoms with Gasteiger partial charge in [0.1, 0.15) is 5.82 Å². The summed E-state index contributed by atoms with van der Waals surface area (Å²) < 4.78 is 14.9. The van der Waals surface area contributed by atoms with Gasteiger partial charge in [-0.25, -0.2) is 4.39 Å². The molecule has 0 saturated carbocycles. The van der Waals surface area contributed by atoms with Gasteiger partial charge < -0.3 is 5.11 Å². The van der Waals surface area contributed by atoms with Gasteiger partial charge in [-0.2, -0.15) is 0 Å². The van der Waals surface area contributed by atoms with Crippen molar-refractivity contribution in [2.75, 3.05) is 5.43 Å². The van der Waals surface area contributed by atoms with E-state index < -0.39 is 5.97 Å². The van der Waals surface area contributed by atoms with Crippen molar-refractivity contribution in [2.24, 2.45) is 0 Å². The second-order valence-corrected chi connectivity index (χ2v) is 8.21. The Balaban J connectivity index is 1.92. The Bertz CT molecular complexity index is 1050. The molecule has 156 valence electrons. The first-order valence-electron chi connectivity index (χ1n) is 9.75. The number of aryl methyl sites for hydroxylation is 1. The Morgan fingerprint density at radius 3 is 2.17 bits per heavy atom. The van der Waals surface area contributed by atoms with Gasteiger partial charge in [-0.05, 0) is 59.5 Å². The van der Waals surface area contributed by atoms with Gasteiger partial charge in [0, 0.05) is 23.2 Å². The normalized spacial score (nSPS) is 11.3. The summed E-state index contributed by atoms with van der Waals surface area (Å²) in [7, 11) is 0. The molecule has 0 unspecified atom stereocenters. The average molecular weight is 408 g/mol. The van der Waals surface area contributed by atoms with Gasteiger partial charge in [0.2, 0.25) is 0 Å². The van der Waals surface area contributed by atoms with E-state index in [4.69, 9.17) is 5.11 Å². The molecule has 2 N–H and O–H groups in total. The lowest BCUT2D eigenvalue weighted by Crippen LogP contribution is -2.25. The standard InChI is InChI=1S/C24H25FN2O3/c1-24(2,3)18-8-4-17(5-9-18)23(30)26-27-20(13-15-22(28)29)12-14-21(27)16-6-10-19(25)11-7-16/h4-12,14H,13,15H2,1-3H3,(H,26,30)(H,28,29). The van der Waals surface area contributed by atoms with Crippen molar-refractivity contribution in [2.45, 2.75) is 39.0 Å². The molecule has 1 aromatic heterocycles. The van der Waals surface area contributed by atoms with Crippen molar-refractivity contribution in [1.82, 2.24) is 4.68 Å². The summed E-state index contributed by atoms with van der Waals surface area (Å²) >= 11 is 0. The van der Waals surface area contributed by atoms with Crippen LogP contribution < -0.4 is 5.43 Å². The molecule has 0 bridgehead atoms. The van der Waals surface area contributed by atoms with Crippen LogP contribution >= 0.6 is 0 Å². The Labute approximate surface area is 175 Å². The van der Waals surface area contributed by atoms with Gasteiger partial charge in [0.05, 0.1) is 12.1 Å². The number of nitrogens with one attached hydrogen (secondary N) is 1.